The number of hydrogen-bond acceptors (Lipinski definition) is 4. The fourth-order valence-electron chi connectivity index (χ4n) is 4.66. The minimum atomic E-state index is -0.923. The van der Waals surface area contributed by atoms with Crippen LogP contribution in [0.1, 0.15) is 58.1 Å². The third-order valence-electron chi connectivity index (χ3n) is 6.89. The zero-order valence-corrected chi connectivity index (χ0v) is 22.9. The van der Waals surface area contributed by atoms with Crippen LogP contribution in [0, 0.1) is 5.92 Å². The number of carbonyl (C=O) groups is 1. The lowest BCUT2D eigenvalue weighted by Gasteiger charge is -2.15. The van der Waals surface area contributed by atoms with Crippen molar-refractivity contribution in [2.45, 2.75) is 31.1 Å². The number of halogens is 3. The second-order valence-electron chi connectivity index (χ2n) is 9.60. The zero-order chi connectivity index (χ0) is 26.8. The third kappa shape index (κ3) is 6.01. The number of allylic oxidation sites excluding steroid dienone is 1. The van der Waals surface area contributed by atoms with Gasteiger partial charge in [0.15, 0.2) is 0 Å². The summed E-state index contributed by atoms with van der Waals surface area (Å²) in [5, 5.41) is 15.0. The van der Waals surface area contributed by atoms with Gasteiger partial charge in [-0.3, -0.25) is 0 Å². The van der Waals surface area contributed by atoms with Crippen LogP contribution in [-0.4, -0.2) is 30.5 Å². The summed E-state index contributed by atoms with van der Waals surface area (Å²) < 4.78 is 6.18. The fraction of sp³-hybridized carbons (Fsp3) is 0.267. The van der Waals surface area contributed by atoms with Crippen molar-refractivity contribution < 1.29 is 19.5 Å². The Morgan fingerprint density at radius 3 is 2.32 bits per heavy atom. The first-order chi connectivity index (χ1) is 18.4. The van der Waals surface area contributed by atoms with E-state index >= 15 is 0 Å². The summed E-state index contributed by atoms with van der Waals surface area (Å²) in [6.07, 6.45) is 5.35. The Labute approximate surface area is 236 Å². The van der Waals surface area contributed by atoms with E-state index in [9.17, 15) is 4.79 Å². The smallest absolute Gasteiger partial charge is 0.335 e. The Bertz CT molecular complexity index is 1390. The molecule has 0 bridgehead atoms. The average Bonchev–Trinajstić information content (AvgIpc) is 3.82. The van der Waals surface area contributed by atoms with Crippen molar-refractivity contribution in [2.24, 2.45) is 11.1 Å². The highest BCUT2D eigenvalue weighted by Crippen LogP contribution is 2.56. The maximum Gasteiger partial charge on any atom is 0.335 e. The molecule has 0 heterocycles. The number of benzene rings is 3. The van der Waals surface area contributed by atoms with E-state index in [1.54, 1.807) is 30.3 Å². The van der Waals surface area contributed by atoms with Crippen molar-refractivity contribution in [3.05, 3.63) is 110 Å². The molecule has 196 valence electrons. The summed E-state index contributed by atoms with van der Waals surface area (Å²) in [7, 11) is 1.49. The van der Waals surface area contributed by atoms with Crippen molar-refractivity contribution >= 4 is 46.5 Å². The molecule has 5 nitrogen and oxygen atoms in total. The first kappa shape index (κ1) is 26.6. The van der Waals surface area contributed by atoms with E-state index in [1.807, 2.05) is 30.3 Å². The predicted octanol–water partition coefficient (Wildman–Crippen LogP) is 8.38. The molecule has 3 aromatic rings. The third-order valence-corrected chi connectivity index (χ3v) is 7.84. The molecule has 2 fully saturated rings. The molecule has 2 unspecified atom stereocenters. The summed E-state index contributed by atoms with van der Waals surface area (Å²) in [5.74, 6) is 0.793. The molecule has 0 saturated heterocycles. The van der Waals surface area contributed by atoms with Crippen molar-refractivity contribution in [1.82, 2.24) is 0 Å². The molecule has 2 aliphatic rings. The summed E-state index contributed by atoms with van der Waals surface area (Å²) in [4.78, 5) is 16.3. The molecular weight excluding hydrogens is 545 g/mol. The quantitative estimate of drug-likeness (QED) is 0.196. The van der Waals surface area contributed by atoms with Crippen LogP contribution in [0.2, 0.25) is 15.1 Å². The number of rotatable bonds is 10. The summed E-state index contributed by atoms with van der Waals surface area (Å²) in [6.45, 7) is 0.248. The van der Waals surface area contributed by atoms with Gasteiger partial charge in [0.25, 0.3) is 0 Å². The zero-order valence-electron chi connectivity index (χ0n) is 20.7. The highest BCUT2D eigenvalue weighted by Gasteiger charge is 2.40. The van der Waals surface area contributed by atoms with Crippen LogP contribution in [0.15, 0.2) is 77.5 Å². The van der Waals surface area contributed by atoms with Crippen LogP contribution in [0.25, 0.3) is 0 Å². The van der Waals surface area contributed by atoms with Gasteiger partial charge in [-0.05, 0) is 84.5 Å². The Kier molecular flexibility index (Phi) is 7.98. The Hall–Kier alpha value is -2.99. The molecular formula is C30H26Cl3NO4. The second-order valence-corrected chi connectivity index (χ2v) is 10.8. The van der Waals surface area contributed by atoms with E-state index in [-0.39, 0.29) is 12.2 Å². The van der Waals surface area contributed by atoms with Crippen molar-refractivity contribution in [2.75, 3.05) is 13.7 Å². The van der Waals surface area contributed by atoms with Gasteiger partial charge < -0.3 is 14.7 Å². The van der Waals surface area contributed by atoms with Gasteiger partial charge in [-0.15, -0.1) is 0 Å². The molecule has 2 saturated carbocycles. The van der Waals surface area contributed by atoms with Gasteiger partial charge in [0.05, 0.1) is 15.6 Å². The van der Waals surface area contributed by atoms with Gasteiger partial charge in [-0.2, -0.15) is 0 Å². The van der Waals surface area contributed by atoms with E-state index in [0.717, 1.165) is 36.0 Å². The molecule has 0 aromatic heterocycles. The molecule has 38 heavy (non-hydrogen) atoms. The summed E-state index contributed by atoms with van der Waals surface area (Å²) >= 11 is 19.7. The molecule has 5 rings (SSSR count). The maximum absolute atomic E-state index is 11.1. The molecule has 0 spiro atoms. The number of nitrogens with zero attached hydrogens (tertiary/aromatic N) is 1. The lowest BCUT2D eigenvalue weighted by atomic mass is 10.0. The van der Waals surface area contributed by atoms with Crippen LogP contribution >= 0.6 is 34.8 Å². The predicted molar refractivity (Wildman–Crippen MR) is 151 cm³/mol. The second kappa shape index (κ2) is 11.4. The van der Waals surface area contributed by atoms with E-state index in [2.05, 4.69) is 11.2 Å². The van der Waals surface area contributed by atoms with Gasteiger partial charge in [-0.1, -0.05) is 70.3 Å². The number of aromatic carboxylic acids is 1. The molecule has 0 amide bonds. The number of hydrogen-bond donors (Lipinski definition) is 1. The minimum absolute atomic E-state index is 0.248. The van der Waals surface area contributed by atoms with Crippen molar-refractivity contribution in [3.63, 3.8) is 0 Å². The first-order valence-electron chi connectivity index (χ1n) is 12.4. The minimum Gasteiger partial charge on any atom is -0.489 e. The van der Waals surface area contributed by atoms with E-state index in [0.29, 0.717) is 49.8 Å². The fourth-order valence-corrected chi connectivity index (χ4v) is 5.55. The Balaban J connectivity index is 1.31. The molecule has 2 aliphatic carbocycles. The van der Waals surface area contributed by atoms with Crippen LogP contribution in [0.5, 0.6) is 5.75 Å². The van der Waals surface area contributed by atoms with E-state index in [4.69, 9.17) is 49.5 Å². The molecule has 3 aromatic carbocycles. The number of ether oxygens (including phenoxy) is 1. The normalized spacial score (nSPS) is 19.3. The SMILES string of the molecule is CO/N=C(\C(=C\C1CC1)COc1ccc(C2CC2c2ccc(C(=O)O)cc2)c(Cl)c1)c1c(Cl)cccc1Cl. The van der Waals surface area contributed by atoms with E-state index < -0.39 is 5.97 Å². The van der Waals surface area contributed by atoms with Crippen molar-refractivity contribution in [3.8, 4) is 5.75 Å². The van der Waals surface area contributed by atoms with Gasteiger partial charge in [0.1, 0.15) is 25.2 Å². The Morgan fingerprint density at radius 1 is 1.00 bits per heavy atom. The van der Waals surface area contributed by atoms with Gasteiger partial charge in [0, 0.05) is 16.2 Å². The largest absolute Gasteiger partial charge is 0.489 e. The van der Waals surface area contributed by atoms with Crippen LogP contribution in [0.3, 0.4) is 0 Å². The molecule has 0 radical (unpaired) electrons. The summed E-state index contributed by atoms with van der Waals surface area (Å²) in [6, 6.07) is 18.2. The Morgan fingerprint density at radius 2 is 1.71 bits per heavy atom. The first-order valence-corrected chi connectivity index (χ1v) is 13.5. The monoisotopic (exact) mass is 569 g/mol. The van der Waals surface area contributed by atoms with Crippen LogP contribution in [0.4, 0.5) is 0 Å². The highest BCUT2D eigenvalue weighted by molar-refractivity contribution is 6.41. The van der Waals surface area contributed by atoms with Gasteiger partial charge in [0.2, 0.25) is 0 Å². The molecule has 2 atom stereocenters. The number of carboxylic acids is 1. The lowest BCUT2D eigenvalue weighted by molar-refractivity contribution is 0.0697. The highest BCUT2D eigenvalue weighted by atomic mass is 35.5. The average molecular weight is 571 g/mol. The molecule has 0 aliphatic heterocycles. The van der Waals surface area contributed by atoms with Gasteiger partial charge in [-0.25, -0.2) is 4.79 Å². The summed E-state index contributed by atoms with van der Waals surface area (Å²) in [5.41, 5.74) is 4.47. The van der Waals surface area contributed by atoms with Gasteiger partial charge >= 0.3 is 5.97 Å². The standard InChI is InChI=1S/C30H26Cl3NO4/c1-37-34-29(28-25(31)3-2-4-26(28)32)20(13-17-5-6-17)16-38-21-11-12-22(27(33)14-21)24-15-23(24)18-7-9-19(10-8-18)30(35)36/h2-4,7-14,17,23-24H,5-6,15-16H2,1H3,(H,35,36)/b20-13+,34-29+. The topological polar surface area (TPSA) is 68.1 Å². The number of carboxylic acid groups (broad SMARTS) is 1. The van der Waals surface area contributed by atoms with E-state index in [1.165, 1.54) is 7.11 Å². The molecule has 8 heteroatoms. The maximum atomic E-state index is 11.1. The molecule has 1 N–H and O–H groups in total. The lowest BCUT2D eigenvalue weighted by Crippen LogP contribution is -2.15. The number of oxime groups is 1. The van der Waals surface area contributed by atoms with Crippen molar-refractivity contribution in [1.29, 1.82) is 0 Å². The van der Waals surface area contributed by atoms with Crippen LogP contribution < -0.4 is 4.74 Å². The van der Waals surface area contributed by atoms with Crippen LogP contribution in [-0.2, 0) is 4.84 Å².